The Balaban J connectivity index is 2.27. The van der Waals surface area contributed by atoms with E-state index in [-0.39, 0.29) is 0 Å². The second kappa shape index (κ2) is 5.45. The molecule has 0 N–H and O–H groups in total. The Hall–Kier alpha value is -1.47. The number of rotatable bonds is 3. The summed E-state index contributed by atoms with van der Waals surface area (Å²) in [5.41, 5.74) is 2.44. The van der Waals surface area contributed by atoms with E-state index in [1.165, 1.54) is 11.1 Å². The molecule has 0 atom stereocenters. The highest BCUT2D eigenvalue weighted by Crippen LogP contribution is 2.32. The smallest absolute Gasteiger partial charge is 0.146 e. The van der Waals surface area contributed by atoms with Crippen LogP contribution in [0.25, 0.3) is 0 Å². The number of hydrogen-bond donors (Lipinski definition) is 0. The highest BCUT2D eigenvalue weighted by Gasteiger charge is 2.07. The molecule has 18 heavy (non-hydrogen) atoms. The monoisotopic (exact) mass is 260 g/mol. The van der Waals surface area contributed by atoms with Gasteiger partial charge in [-0.25, -0.2) is 0 Å². The number of aryl methyl sites for hydroxylation is 1. The molecule has 0 saturated heterocycles. The molecule has 0 unspecified atom stereocenters. The average molecular weight is 261 g/mol. The molecule has 0 heterocycles. The molecule has 0 spiro atoms. The van der Waals surface area contributed by atoms with Crippen LogP contribution in [0.4, 0.5) is 0 Å². The first-order valence-electron chi connectivity index (χ1n) is 6.10. The standard InChI is InChI=1S/C16H17ClO/c1-11(2)13-6-9-15(17)16(10-13)18-14-7-4-12(3)5-8-14/h4-11H,1-3H3. The molecular formula is C16H17ClO. The van der Waals surface area contributed by atoms with Gasteiger partial charge in [0.1, 0.15) is 11.5 Å². The minimum atomic E-state index is 0.461. The average Bonchev–Trinajstić information content (AvgIpc) is 2.34. The second-order valence-corrected chi connectivity index (χ2v) is 5.17. The molecule has 0 amide bonds. The molecule has 2 heteroatoms. The molecule has 0 aromatic heterocycles. The van der Waals surface area contributed by atoms with Crippen molar-refractivity contribution >= 4 is 11.6 Å². The van der Waals surface area contributed by atoms with Crippen molar-refractivity contribution in [2.24, 2.45) is 0 Å². The largest absolute Gasteiger partial charge is 0.456 e. The van der Waals surface area contributed by atoms with Crippen LogP contribution in [0.5, 0.6) is 11.5 Å². The summed E-state index contributed by atoms with van der Waals surface area (Å²) < 4.78 is 5.82. The lowest BCUT2D eigenvalue weighted by atomic mass is 10.0. The summed E-state index contributed by atoms with van der Waals surface area (Å²) in [7, 11) is 0. The van der Waals surface area contributed by atoms with E-state index in [1.54, 1.807) is 0 Å². The first kappa shape index (κ1) is 13.0. The fourth-order valence-corrected chi connectivity index (χ4v) is 1.85. The van der Waals surface area contributed by atoms with Crippen molar-refractivity contribution in [3.05, 3.63) is 58.6 Å². The lowest BCUT2D eigenvalue weighted by Gasteiger charge is -2.11. The van der Waals surface area contributed by atoms with Crippen molar-refractivity contribution in [3.8, 4) is 11.5 Å². The summed E-state index contributed by atoms with van der Waals surface area (Å²) in [5.74, 6) is 1.98. The molecule has 0 fully saturated rings. The summed E-state index contributed by atoms with van der Waals surface area (Å²) in [6.07, 6.45) is 0. The van der Waals surface area contributed by atoms with Gasteiger partial charge in [-0.3, -0.25) is 0 Å². The van der Waals surface area contributed by atoms with Gasteiger partial charge in [-0.15, -0.1) is 0 Å². The fourth-order valence-electron chi connectivity index (χ4n) is 1.69. The molecule has 0 aliphatic rings. The van der Waals surface area contributed by atoms with Crippen molar-refractivity contribution in [3.63, 3.8) is 0 Å². The lowest BCUT2D eigenvalue weighted by Crippen LogP contribution is -1.90. The van der Waals surface area contributed by atoms with E-state index in [0.29, 0.717) is 16.7 Å². The van der Waals surface area contributed by atoms with Crippen LogP contribution in [0, 0.1) is 6.92 Å². The van der Waals surface area contributed by atoms with Gasteiger partial charge >= 0.3 is 0 Å². The van der Waals surface area contributed by atoms with Crippen LogP contribution in [0.15, 0.2) is 42.5 Å². The van der Waals surface area contributed by atoms with Crippen molar-refractivity contribution in [1.29, 1.82) is 0 Å². The van der Waals surface area contributed by atoms with E-state index in [9.17, 15) is 0 Å². The number of halogens is 1. The topological polar surface area (TPSA) is 9.23 Å². The Morgan fingerprint density at radius 2 is 1.67 bits per heavy atom. The van der Waals surface area contributed by atoms with Crippen molar-refractivity contribution < 1.29 is 4.74 Å². The number of benzene rings is 2. The summed E-state index contributed by atoms with van der Waals surface area (Å²) in [4.78, 5) is 0. The molecule has 0 radical (unpaired) electrons. The van der Waals surface area contributed by atoms with Gasteiger partial charge < -0.3 is 4.74 Å². The Morgan fingerprint density at radius 1 is 1.00 bits per heavy atom. The van der Waals surface area contributed by atoms with Gasteiger partial charge in [0, 0.05) is 0 Å². The maximum Gasteiger partial charge on any atom is 0.146 e. The molecule has 0 aliphatic heterocycles. The first-order chi connectivity index (χ1) is 8.56. The maximum atomic E-state index is 6.16. The van der Waals surface area contributed by atoms with Crippen LogP contribution < -0.4 is 4.74 Å². The predicted molar refractivity (Wildman–Crippen MR) is 76.8 cm³/mol. The molecule has 1 nitrogen and oxygen atoms in total. The third-order valence-electron chi connectivity index (χ3n) is 2.87. The molecule has 0 saturated carbocycles. The van der Waals surface area contributed by atoms with Gasteiger partial charge in [0.05, 0.1) is 5.02 Å². The van der Waals surface area contributed by atoms with Crippen LogP contribution in [0.2, 0.25) is 5.02 Å². The first-order valence-corrected chi connectivity index (χ1v) is 6.48. The highest BCUT2D eigenvalue weighted by atomic mass is 35.5. The highest BCUT2D eigenvalue weighted by molar-refractivity contribution is 6.32. The zero-order valence-electron chi connectivity index (χ0n) is 10.9. The van der Waals surface area contributed by atoms with Gasteiger partial charge in [0.15, 0.2) is 0 Å². The van der Waals surface area contributed by atoms with E-state index in [2.05, 4.69) is 20.8 Å². The molecule has 2 aromatic rings. The molecule has 2 rings (SSSR count). The van der Waals surface area contributed by atoms with E-state index in [1.807, 2.05) is 42.5 Å². The molecular weight excluding hydrogens is 244 g/mol. The minimum Gasteiger partial charge on any atom is -0.456 e. The minimum absolute atomic E-state index is 0.461. The zero-order chi connectivity index (χ0) is 13.1. The summed E-state index contributed by atoms with van der Waals surface area (Å²) in [5, 5.41) is 0.639. The number of ether oxygens (including phenoxy) is 1. The van der Waals surface area contributed by atoms with Gasteiger partial charge in [0.2, 0.25) is 0 Å². The fraction of sp³-hybridized carbons (Fsp3) is 0.250. The molecule has 2 aromatic carbocycles. The zero-order valence-corrected chi connectivity index (χ0v) is 11.7. The van der Waals surface area contributed by atoms with Gasteiger partial charge in [-0.1, -0.05) is 49.2 Å². The van der Waals surface area contributed by atoms with E-state index < -0.39 is 0 Å². The lowest BCUT2D eigenvalue weighted by molar-refractivity contribution is 0.481. The van der Waals surface area contributed by atoms with Gasteiger partial charge in [-0.2, -0.15) is 0 Å². The van der Waals surface area contributed by atoms with E-state index in [4.69, 9.17) is 16.3 Å². The SMILES string of the molecule is Cc1ccc(Oc2cc(C(C)C)ccc2Cl)cc1. The predicted octanol–water partition coefficient (Wildman–Crippen LogP) is 5.56. The third kappa shape index (κ3) is 3.05. The summed E-state index contributed by atoms with van der Waals surface area (Å²) in [6.45, 7) is 6.36. The van der Waals surface area contributed by atoms with Gasteiger partial charge in [0.25, 0.3) is 0 Å². The Kier molecular flexibility index (Phi) is 3.93. The van der Waals surface area contributed by atoms with Crippen LogP contribution in [-0.4, -0.2) is 0 Å². The van der Waals surface area contributed by atoms with Gasteiger partial charge in [-0.05, 0) is 42.7 Å². The van der Waals surface area contributed by atoms with Crippen LogP contribution in [0.1, 0.15) is 30.9 Å². The van der Waals surface area contributed by atoms with E-state index >= 15 is 0 Å². The number of hydrogen-bond acceptors (Lipinski definition) is 1. The molecule has 0 aliphatic carbocycles. The van der Waals surface area contributed by atoms with Crippen molar-refractivity contribution in [2.45, 2.75) is 26.7 Å². The summed E-state index contributed by atoms with van der Waals surface area (Å²) >= 11 is 6.16. The Bertz CT molecular complexity index is 529. The quantitative estimate of drug-likeness (QED) is 0.702. The van der Waals surface area contributed by atoms with Crippen LogP contribution >= 0.6 is 11.6 Å². The molecule has 94 valence electrons. The summed E-state index contributed by atoms with van der Waals surface area (Å²) in [6, 6.07) is 13.9. The van der Waals surface area contributed by atoms with Crippen LogP contribution in [-0.2, 0) is 0 Å². The Morgan fingerprint density at radius 3 is 2.28 bits per heavy atom. The third-order valence-corrected chi connectivity index (χ3v) is 3.18. The molecule has 0 bridgehead atoms. The maximum absolute atomic E-state index is 6.16. The van der Waals surface area contributed by atoms with E-state index in [0.717, 1.165) is 5.75 Å². The normalized spacial score (nSPS) is 10.7. The second-order valence-electron chi connectivity index (χ2n) is 4.76. The van der Waals surface area contributed by atoms with Crippen molar-refractivity contribution in [2.75, 3.05) is 0 Å². The van der Waals surface area contributed by atoms with Crippen LogP contribution in [0.3, 0.4) is 0 Å². The Labute approximate surface area is 113 Å². The van der Waals surface area contributed by atoms with Crippen molar-refractivity contribution in [1.82, 2.24) is 0 Å².